The Kier molecular flexibility index (Phi) is 4.25. The second-order valence-electron chi connectivity index (χ2n) is 4.88. The predicted octanol–water partition coefficient (Wildman–Crippen LogP) is 0.909. The lowest BCUT2D eigenvalue weighted by atomic mass is 10.1. The van der Waals surface area contributed by atoms with Crippen LogP contribution in [0.2, 0.25) is 0 Å². The minimum absolute atomic E-state index is 0.0841. The Morgan fingerprint density at radius 3 is 2.74 bits per heavy atom. The summed E-state index contributed by atoms with van der Waals surface area (Å²) in [6.45, 7) is 4.75. The molecule has 1 heterocycles. The molecule has 1 aromatic rings. The van der Waals surface area contributed by atoms with Crippen LogP contribution in [0.15, 0.2) is 23.1 Å². The SMILES string of the molecule is Cc1cc(S(=O)(=O)NC2CCOC2C)ccc1CN. The van der Waals surface area contributed by atoms with Crippen molar-refractivity contribution < 1.29 is 13.2 Å². The highest BCUT2D eigenvalue weighted by molar-refractivity contribution is 7.89. The van der Waals surface area contributed by atoms with Gasteiger partial charge in [0.15, 0.2) is 0 Å². The number of hydrogen-bond acceptors (Lipinski definition) is 4. The molecular formula is C13H20N2O3S. The monoisotopic (exact) mass is 284 g/mol. The Bertz CT molecular complexity index is 557. The van der Waals surface area contributed by atoms with Gasteiger partial charge in [-0.15, -0.1) is 0 Å². The molecule has 1 aromatic carbocycles. The molecular weight excluding hydrogens is 264 g/mol. The Hall–Kier alpha value is -0.950. The molecule has 2 rings (SSSR count). The summed E-state index contributed by atoms with van der Waals surface area (Å²) >= 11 is 0. The van der Waals surface area contributed by atoms with Crippen molar-refractivity contribution in [2.45, 2.75) is 43.9 Å². The molecule has 1 aliphatic heterocycles. The maximum absolute atomic E-state index is 12.3. The zero-order chi connectivity index (χ0) is 14.0. The summed E-state index contributed by atoms with van der Waals surface area (Å²) in [4.78, 5) is 0.279. The minimum atomic E-state index is -3.49. The molecule has 5 nitrogen and oxygen atoms in total. The number of sulfonamides is 1. The molecule has 1 fully saturated rings. The molecule has 0 spiro atoms. The maximum atomic E-state index is 12.3. The number of nitrogens with two attached hydrogens (primary N) is 1. The third-order valence-electron chi connectivity index (χ3n) is 3.53. The van der Waals surface area contributed by atoms with Crippen LogP contribution in [0.1, 0.15) is 24.5 Å². The summed E-state index contributed by atoms with van der Waals surface area (Å²) in [6, 6.07) is 4.86. The van der Waals surface area contributed by atoms with Gasteiger partial charge in [0.2, 0.25) is 10.0 Å². The van der Waals surface area contributed by atoms with Gasteiger partial charge in [0.05, 0.1) is 17.0 Å². The third-order valence-corrected chi connectivity index (χ3v) is 5.01. The van der Waals surface area contributed by atoms with Crippen molar-refractivity contribution in [3.8, 4) is 0 Å². The Morgan fingerprint density at radius 2 is 2.21 bits per heavy atom. The summed E-state index contributed by atoms with van der Waals surface area (Å²) in [5.74, 6) is 0. The van der Waals surface area contributed by atoms with Crippen molar-refractivity contribution in [2.24, 2.45) is 5.73 Å². The molecule has 0 radical (unpaired) electrons. The first-order valence-electron chi connectivity index (χ1n) is 6.37. The van der Waals surface area contributed by atoms with Crippen LogP contribution in [0.4, 0.5) is 0 Å². The fourth-order valence-corrected chi connectivity index (χ4v) is 3.64. The lowest BCUT2D eigenvalue weighted by Gasteiger charge is -2.16. The number of aryl methyl sites for hydroxylation is 1. The van der Waals surface area contributed by atoms with Crippen LogP contribution >= 0.6 is 0 Å². The van der Waals surface area contributed by atoms with Crippen molar-refractivity contribution in [1.82, 2.24) is 4.72 Å². The molecule has 1 aliphatic rings. The van der Waals surface area contributed by atoms with Gasteiger partial charge in [0.1, 0.15) is 0 Å². The fourth-order valence-electron chi connectivity index (χ4n) is 2.22. The lowest BCUT2D eigenvalue weighted by molar-refractivity contribution is 0.117. The van der Waals surface area contributed by atoms with Crippen molar-refractivity contribution in [3.63, 3.8) is 0 Å². The zero-order valence-electron chi connectivity index (χ0n) is 11.2. The highest BCUT2D eigenvalue weighted by Gasteiger charge is 2.29. The van der Waals surface area contributed by atoms with Crippen molar-refractivity contribution >= 4 is 10.0 Å². The van der Waals surface area contributed by atoms with Crippen LogP contribution in [-0.4, -0.2) is 27.2 Å². The average Bonchev–Trinajstić information content (AvgIpc) is 2.74. The summed E-state index contributed by atoms with van der Waals surface area (Å²) in [6.07, 6.45) is 0.625. The lowest BCUT2D eigenvalue weighted by Crippen LogP contribution is -2.39. The van der Waals surface area contributed by atoms with E-state index in [0.717, 1.165) is 11.1 Å². The third kappa shape index (κ3) is 3.14. The highest BCUT2D eigenvalue weighted by atomic mass is 32.2. The van der Waals surface area contributed by atoms with E-state index in [0.29, 0.717) is 19.6 Å². The predicted molar refractivity (Wildman–Crippen MR) is 73.2 cm³/mol. The van der Waals surface area contributed by atoms with Crippen molar-refractivity contribution in [3.05, 3.63) is 29.3 Å². The quantitative estimate of drug-likeness (QED) is 0.861. The van der Waals surface area contributed by atoms with Crippen molar-refractivity contribution in [1.29, 1.82) is 0 Å². The summed E-state index contributed by atoms with van der Waals surface area (Å²) < 4.78 is 32.6. The largest absolute Gasteiger partial charge is 0.377 e. The minimum Gasteiger partial charge on any atom is -0.377 e. The van der Waals surface area contributed by atoms with E-state index >= 15 is 0 Å². The van der Waals surface area contributed by atoms with E-state index in [1.807, 2.05) is 13.8 Å². The van der Waals surface area contributed by atoms with Crippen molar-refractivity contribution in [2.75, 3.05) is 6.61 Å². The van der Waals surface area contributed by atoms with Gasteiger partial charge < -0.3 is 10.5 Å². The van der Waals surface area contributed by atoms with Gasteiger partial charge in [0.25, 0.3) is 0 Å². The smallest absolute Gasteiger partial charge is 0.240 e. The van der Waals surface area contributed by atoms with Crippen LogP contribution in [-0.2, 0) is 21.3 Å². The fraction of sp³-hybridized carbons (Fsp3) is 0.538. The Balaban J connectivity index is 2.22. The van der Waals surface area contributed by atoms with E-state index in [4.69, 9.17) is 10.5 Å². The van der Waals surface area contributed by atoms with Gasteiger partial charge in [-0.2, -0.15) is 0 Å². The molecule has 0 saturated carbocycles. The van der Waals surface area contributed by atoms with Gasteiger partial charge in [-0.1, -0.05) is 6.07 Å². The van der Waals surface area contributed by atoms with E-state index in [1.165, 1.54) is 0 Å². The molecule has 3 N–H and O–H groups in total. The van der Waals surface area contributed by atoms with Crippen LogP contribution in [0, 0.1) is 6.92 Å². The number of hydrogen-bond donors (Lipinski definition) is 2. The number of benzene rings is 1. The topological polar surface area (TPSA) is 81.4 Å². The van der Waals surface area contributed by atoms with E-state index in [1.54, 1.807) is 18.2 Å². The molecule has 0 bridgehead atoms. The molecule has 2 atom stereocenters. The van der Waals surface area contributed by atoms with E-state index in [2.05, 4.69) is 4.72 Å². The van der Waals surface area contributed by atoms with E-state index < -0.39 is 10.0 Å². The first kappa shape index (κ1) is 14.5. The number of ether oxygens (including phenoxy) is 1. The van der Waals surface area contributed by atoms with Crippen LogP contribution in [0.25, 0.3) is 0 Å². The Labute approximate surface area is 114 Å². The van der Waals surface area contributed by atoms with Gasteiger partial charge in [-0.05, 0) is 43.5 Å². The van der Waals surface area contributed by atoms with E-state index in [9.17, 15) is 8.42 Å². The molecule has 106 valence electrons. The summed E-state index contributed by atoms with van der Waals surface area (Å²) in [5, 5.41) is 0. The first-order chi connectivity index (χ1) is 8.94. The van der Waals surface area contributed by atoms with E-state index in [-0.39, 0.29) is 17.0 Å². The first-order valence-corrected chi connectivity index (χ1v) is 7.86. The molecule has 2 unspecified atom stereocenters. The standard InChI is InChI=1S/C13H20N2O3S/c1-9-7-12(4-3-11(9)8-14)19(16,17)15-13-5-6-18-10(13)2/h3-4,7,10,13,15H,5-6,8,14H2,1-2H3. The van der Waals surface area contributed by atoms with Crippen LogP contribution in [0.3, 0.4) is 0 Å². The Morgan fingerprint density at radius 1 is 1.47 bits per heavy atom. The molecule has 6 heteroatoms. The second-order valence-corrected chi connectivity index (χ2v) is 6.60. The molecule has 1 saturated heterocycles. The van der Waals surface area contributed by atoms with Crippen LogP contribution < -0.4 is 10.5 Å². The average molecular weight is 284 g/mol. The maximum Gasteiger partial charge on any atom is 0.240 e. The highest BCUT2D eigenvalue weighted by Crippen LogP contribution is 2.19. The zero-order valence-corrected chi connectivity index (χ0v) is 12.0. The van der Waals surface area contributed by atoms with Gasteiger partial charge in [0, 0.05) is 13.2 Å². The second kappa shape index (κ2) is 5.58. The summed E-state index contributed by atoms with van der Waals surface area (Å²) in [5.41, 5.74) is 7.42. The van der Waals surface area contributed by atoms with Gasteiger partial charge in [-0.25, -0.2) is 13.1 Å². The van der Waals surface area contributed by atoms with Gasteiger partial charge in [-0.3, -0.25) is 0 Å². The summed E-state index contributed by atoms with van der Waals surface area (Å²) in [7, 11) is -3.49. The van der Waals surface area contributed by atoms with Crippen LogP contribution in [0.5, 0.6) is 0 Å². The molecule has 0 aromatic heterocycles. The normalized spacial score (nSPS) is 23.7. The molecule has 0 aliphatic carbocycles. The number of rotatable bonds is 4. The molecule has 19 heavy (non-hydrogen) atoms. The molecule has 0 amide bonds. The van der Waals surface area contributed by atoms with Gasteiger partial charge >= 0.3 is 0 Å². The number of nitrogens with one attached hydrogen (secondary N) is 1.